The normalized spacial score (nSPS) is 25.4. The van der Waals surface area contributed by atoms with Crippen LogP contribution in [0.5, 0.6) is 0 Å². The number of allylic oxidation sites excluding steroid dienone is 2. The predicted octanol–water partition coefficient (Wildman–Crippen LogP) is 2.85. The van der Waals surface area contributed by atoms with Gasteiger partial charge in [0.1, 0.15) is 0 Å². The fraction of sp³-hybridized carbons (Fsp3) is 0.667. The number of carbonyl (C=O) groups is 1. The monoisotopic (exact) mass is 191 g/mol. The van der Waals surface area contributed by atoms with Crippen molar-refractivity contribution in [3.8, 4) is 6.07 Å². The van der Waals surface area contributed by atoms with Crippen molar-refractivity contribution >= 4 is 5.78 Å². The fourth-order valence-electron chi connectivity index (χ4n) is 2.36. The maximum atomic E-state index is 11.7. The largest absolute Gasteiger partial charge is 0.295 e. The topological polar surface area (TPSA) is 40.9 Å². The van der Waals surface area contributed by atoms with Crippen molar-refractivity contribution < 1.29 is 4.79 Å². The Morgan fingerprint density at radius 3 is 2.79 bits per heavy atom. The summed E-state index contributed by atoms with van der Waals surface area (Å²) in [5.74, 6) is 0.236. The van der Waals surface area contributed by atoms with E-state index < -0.39 is 0 Å². The molecule has 0 radical (unpaired) electrons. The summed E-state index contributed by atoms with van der Waals surface area (Å²) in [5, 5.41) is 8.53. The number of nitrogens with zero attached hydrogens (tertiary/aromatic N) is 1. The Morgan fingerprint density at radius 2 is 2.29 bits per heavy atom. The molecule has 2 heteroatoms. The quantitative estimate of drug-likeness (QED) is 0.673. The molecule has 0 N–H and O–H groups in total. The Morgan fingerprint density at radius 1 is 1.64 bits per heavy atom. The Kier molecular flexibility index (Phi) is 3.10. The first-order chi connectivity index (χ1) is 6.47. The summed E-state index contributed by atoms with van der Waals surface area (Å²) in [6.07, 6.45) is 3.89. The van der Waals surface area contributed by atoms with Crippen LogP contribution in [0.2, 0.25) is 0 Å². The molecule has 2 nitrogen and oxygen atoms in total. The highest BCUT2D eigenvalue weighted by atomic mass is 16.1. The van der Waals surface area contributed by atoms with Gasteiger partial charge in [0.05, 0.1) is 6.07 Å². The molecule has 1 aliphatic rings. The summed E-state index contributed by atoms with van der Waals surface area (Å²) in [7, 11) is 0. The molecule has 1 unspecified atom stereocenters. The van der Waals surface area contributed by atoms with E-state index in [0.29, 0.717) is 12.8 Å². The third kappa shape index (κ3) is 2.23. The molecule has 0 aliphatic heterocycles. The molecule has 0 amide bonds. The average Bonchev–Trinajstić information content (AvgIpc) is 2.00. The number of carbonyl (C=O) groups excluding carboxylic acids is 1. The zero-order valence-electron chi connectivity index (χ0n) is 9.13. The highest BCUT2D eigenvalue weighted by Gasteiger charge is 2.36. The van der Waals surface area contributed by atoms with E-state index in [9.17, 15) is 4.79 Å². The first kappa shape index (κ1) is 11.0. The third-order valence-corrected chi connectivity index (χ3v) is 2.95. The van der Waals surface area contributed by atoms with Crippen LogP contribution in [0.4, 0.5) is 0 Å². The van der Waals surface area contributed by atoms with E-state index in [4.69, 9.17) is 5.26 Å². The van der Waals surface area contributed by atoms with Gasteiger partial charge < -0.3 is 0 Å². The number of rotatable bonds is 2. The summed E-state index contributed by atoms with van der Waals surface area (Å²) < 4.78 is 0. The van der Waals surface area contributed by atoms with Crippen LogP contribution >= 0.6 is 0 Å². The molecule has 0 fully saturated rings. The molecule has 0 heterocycles. The van der Waals surface area contributed by atoms with Crippen LogP contribution in [0, 0.1) is 22.7 Å². The summed E-state index contributed by atoms with van der Waals surface area (Å²) >= 11 is 0. The lowest BCUT2D eigenvalue weighted by molar-refractivity contribution is -0.122. The highest BCUT2D eigenvalue weighted by molar-refractivity contribution is 5.93. The van der Waals surface area contributed by atoms with Gasteiger partial charge in [0.2, 0.25) is 0 Å². The number of hydrogen-bond donors (Lipinski definition) is 0. The minimum Gasteiger partial charge on any atom is -0.295 e. The van der Waals surface area contributed by atoms with E-state index in [1.807, 2.05) is 6.92 Å². The van der Waals surface area contributed by atoms with Gasteiger partial charge in [-0.25, -0.2) is 0 Å². The van der Waals surface area contributed by atoms with Crippen molar-refractivity contribution in [1.29, 1.82) is 5.26 Å². The van der Waals surface area contributed by atoms with E-state index in [-0.39, 0.29) is 17.1 Å². The van der Waals surface area contributed by atoms with Crippen LogP contribution in [0.15, 0.2) is 11.6 Å². The van der Waals surface area contributed by atoms with E-state index >= 15 is 0 Å². The molecule has 0 saturated carbocycles. The molecule has 0 aromatic rings. The van der Waals surface area contributed by atoms with E-state index in [1.54, 1.807) is 6.08 Å². The average molecular weight is 191 g/mol. The van der Waals surface area contributed by atoms with Gasteiger partial charge in [-0.05, 0) is 31.3 Å². The molecule has 0 aromatic heterocycles. The standard InChI is InChI=1S/C12H17NO/c1-9-7-11(14)10(5-4-6-13)12(2,3)8-9/h7,10H,4-5,8H2,1-3H3. The van der Waals surface area contributed by atoms with E-state index in [1.165, 1.54) is 0 Å². The molecule has 0 aromatic carbocycles. The maximum Gasteiger partial charge on any atom is 0.159 e. The first-order valence-electron chi connectivity index (χ1n) is 5.05. The van der Waals surface area contributed by atoms with Crippen molar-refractivity contribution in [1.82, 2.24) is 0 Å². The first-order valence-corrected chi connectivity index (χ1v) is 5.05. The third-order valence-electron chi connectivity index (χ3n) is 2.95. The maximum absolute atomic E-state index is 11.7. The summed E-state index contributed by atoms with van der Waals surface area (Å²) in [4.78, 5) is 11.7. The van der Waals surface area contributed by atoms with Crippen LogP contribution in [0.25, 0.3) is 0 Å². The van der Waals surface area contributed by atoms with Gasteiger partial charge in [-0.15, -0.1) is 0 Å². The van der Waals surface area contributed by atoms with Crippen LogP contribution in [-0.2, 0) is 4.79 Å². The van der Waals surface area contributed by atoms with Crippen molar-refractivity contribution in [3.63, 3.8) is 0 Å². The fourth-order valence-corrected chi connectivity index (χ4v) is 2.36. The Balaban J connectivity index is 2.82. The lowest BCUT2D eigenvalue weighted by Gasteiger charge is -2.36. The Hall–Kier alpha value is -1.10. The second kappa shape index (κ2) is 3.96. The van der Waals surface area contributed by atoms with Crippen LogP contribution in [0.1, 0.15) is 40.0 Å². The zero-order chi connectivity index (χ0) is 10.8. The second-order valence-electron chi connectivity index (χ2n) is 4.81. The highest BCUT2D eigenvalue weighted by Crippen LogP contribution is 2.40. The van der Waals surface area contributed by atoms with Gasteiger partial charge in [-0.3, -0.25) is 4.79 Å². The predicted molar refractivity (Wildman–Crippen MR) is 55.5 cm³/mol. The van der Waals surface area contributed by atoms with Crippen LogP contribution in [-0.4, -0.2) is 5.78 Å². The molecule has 0 bridgehead atoms. The molecule has 1 atom stereocenters. The number of hydrogen-bond acceptors (Lipinski definition) is 2. The second-order valence-corrected chi connectivity index (χ2v) is 4.81. The van der Waals surface area contributed by atoms with Gasteiger partial charge in [0.15, 0.2) is 5.78 Å². The lowest BCUT2D eigenvalue weighted by atomic mass is 9.67. The number of nitriles is 1. The minimum atomic E-state index is 0.0206. The number of ketones is 1. The van der Waals surface area contributed by atoms with Crippen LogP contribution < -0.4 is 0 Å². The van der Waals surface area contributed by atoms with Gasteiger partial charge in [-0.1, -0.05) is 19.4 Å². The minimum absolute atomic E-state index is 0.0206. The molecule has 0 saturated heterocycles. The SMILES string of the molecule is CC1=CC(=O)C(CCC#N)C(C)(C)C1. The summed E-state index contributed by atoms with van der Waals surface area (Å²) in [6.45, 7) is 6.23. The molecular weight excluding hydrogens is 174 g/mol. The Bertz CT molecular complexity index is 307. The van der Waals surface area contributed by atoms with Crippen molar-refractivity contribution in [2.45, 2.75) is 40.0 Å². The van der Waals surface area contributed by atoms with Gasteiger partial charge in [0, 0.05) is 12.3 Å². The summed E-state index contributed by atoms with van der Waals surface area (Å²) in [6, 6.07) is 2.11. The van der Waals surface area contributed by atoms with E-state index in [2.05, 4.69) is 19.9 Å². The molecule has 14 heavy (non-hydrogen) atoms. The Labute approximate surface area is 85.6 Å². The van der Waals surface area contributed by atoms with Gasteiger partial charge in [-0.2, -0.15) is 5.26 Å². The zero-order valence-corrected chi connectivity index (χ0v) is 9.13. The lowest BCUT2D eigenvalue weighted by Crippen LogP contribution is -2.33. The van der Waals surface area contributed by atoms with Gasteiger partial charge >= 0.3 is 0 Å². The van der Waals surface area contributed by atoms with E-state index in [0.717, 1.165) is 12.0 Å². The molecule has 1 rings (SSSR count). The molecule has 0 spiro atoms. The molecular formula is C12H17NO. The molecule has 1 aliphatic carbocycles. The van der Waals surface area contributed by atoms with Crippen molar-refractivity contribution in [3.05, 3.63) is 11.6 Å². The summed E-state index contributed by atoms with van der Waals surface area (Å²) in [5.41, 5.74) is 1.18. The van der Waals surface area contributed by atoms with Crippen molar-refractivity contribution in [2.75, 3.05) is 0 Å². The van der Waals surface area contributed by atoms with Crippen LogP contribution in [0.3, 0.4) is 0 Å². The smallest absolute Gasteiger partial charge is 0.159 e. The van der Waals surface area contributed by atoms with Gasteiger partial charge in [0.25, 0.3) is 0 Å². The van der Waals surface area contributed by atoms with Crippen molar-refractivity contribution in [2.24, 2.45) is 11.3 Å². The molecule has 76 valence electrons.